The first kappa shape index (κ1) is 13.7. The van der Waals surface area contributed by atoms with Crippen molar-refractivity contribution in [2.24, 2.45) is 0 Å². The topological polar surface area (TPSA) is 106 Å². The molecule has 1 aromatic carbocycles. The maximum absolute atomic E-state index is 11.4. The van der Waals surface area contributed by atoms with E-state index in [2.05, 4.69) is 9.72 Å². The molecule has 0 spiro atoms. The molecular formula is C12H14N2O4S. The number of carbonyl (C=O) groups excluding carboxylic acids is 1. The Hall–Kier alpha value is -1.70. The Morgan fingerprint density at radius 2 is 2.26 bits per heavy atom. The molecule has 1 aromatic heterocycles. The van der Waals surface area contributed by atoms with Crippen LogP contribution in [0.3, 0.4) is 0 Å². The summed E-state index contributed by atoms with van der Waals surface area (Å²) in [6.45, 7) is 1.76. The molecule has 0 bridgehead atoms. The van der Waals surface area contributed by atoms with Crippen molar-refractivity contribution in [3.8, 4) is 0 Å². The molecule has 6 nitrogen and oxygen atoms in total. The number of para-hydroxylation sites is 1. The molecule has 2 aromatic rings. The Kier molecular flexibility index (Phi) is 3.98. The number of aliphatic hydroxyl groups is 2. The van der Waals surface area contributed by atoms with Gasteiger partial charge in [0, 0.05) is 5.56 Å². The zero-order valence-electron chi connectivity index (χ0n) is 10.2. The lowest BCUT2D eigenvalue weighted by molar-refractivity contribution is -0.159. The molecule has 0 aliphatic carbocycles. The van der Waals surface area contributed by atoms with E-state index >= 15 is 0 Å². The third-order valence-corrected chi connectivity index (χ3v) is 3.46. The summed E-state index contributed by atoms with van der Waals surface area (Å²) < 4.78 is 5.45. The first-order chi connectivity index (χ1) is 9.04. The third-order valence-electron chi connectivity index (χ3n) is 2.61. The minimum Gasteiger partial charge on any atom is -0.464 e. The molecule has 7 heteroatoms. The van der Waals surface area contributed by atoms with Gasteiger partial charge in [0.25, 0.3) is 0 Å². The number of esters is 1. The minimum atomic E-state index is -1.64. The number of nitrogens with two attached hydrogens (primary N) is 1. The van der Waals surface area contributed by atoms with Crippen molar-refractivity contribution in [1.82, 2.24) is 4.98 Å². The number of aliphatic hydroxyl groups excluding tert-OH is 2. The van der Waals surface area contributed by atoms with Crippen molar-refractivity contribution in [2.75, 3.05) is 12.3 Å². The molecule has 2 atom stereocenters. The Morgan fingerprint density at radius 1 is 1.53 bits per heavy atom. The van der Waals surface area contributed by atoms with Gasteiger partial charge >= 0.3 is 5.97 Å². The number of fused-ring (bicyclic) bond motifs is 1. The molecule has 0 aliphatic rings. The summed E-state index contributed by atoms with van der Waals surface area (Å²) in [5, 5.41) is 20.2. The van der Waals surface area contributed by atoms with Crippen molar-refractivity contribution >= 4 is 32.7 Å². The second-order valence-corrected chi connectivity index (χ2v) is 4.95. The number of carbonyl (C=O) groups is 1. The first-order valence-electron chi connectivity index (χ1n) is 5.72. The SMILES string of the molecule is CCOC(=O)C(O)C(O)c1cccc2sc(N)nc12. The van der Waals surface area contributed by atoms with Gasteiger partial charge in [0.2, 0.25) is 0 Å². The van der Waals surface area contributed by atoms with Crippen LogP contribution in [0.15, 0.2) is 18.2 Å². The molecule has 19 heavy (non-hydrogen) atoms. The van der Waals surface area contributed by atoms with E-state index in [4.69, 9.17) is 5.73 Å². The van der Waals surface area contributed by atoms with E-state index in [0.717, 1.165) is 4.70 Å². The van der Waals surface area contributed by atoms with E-state index < -0.39 is 18.2 Å². The van der Waals surface area contributed by atoms with Crippen LogP contribution in [0.4, 0.5) is 5.13 Å². The van der Waals surface area contributed by atoms with Crippen molar-refractivity contribution in [2.45, 2.75) is 19.1 Å². The van der Waals surface area contributed by atoms with Gasteiger partial charge < -0.3 is 20.7 Å². The van der Waals surface area contributed by atoms with Gasteiger partial charge in [0.1, 0.15) is 6.10 Å². The highest BCUT2D eigenvalue weighted by molar-refractivity contribution is 7.22. The Balaban J connectivity index is 2.35. The lowest BCUT2D eigenvalue weighted by Crippen LogP contribution is -2.30. The second-order valence-electron chi connectivity index (χ2n) is 3.89. The Morgan fingerprint density at radius 3 is 2.95 bits per heavy atom. The van der Waals surface area contributed by atoms with Gasteiger partial charge in [-0.3, -0.25) is 0 Å². The van der Waals surface area contributed by atoms with Gasteiger partial charge in [-0.25, -0.2) is 9.78 Å². The van der Waals surface area contributed by atoms with E-state index in [0.29, 0.717) is 16.2 Å². The number of hydrogen-bond donors (Lipinski definition) is 3. The number of thiazole rings is 1. The van der Waals surface area contributed by atoms with Crippen LogP contribution in [0.2, 0.25) is 0 Å². The number of anilines is 1. The van der Waals surface area contributed by atoms with E-state index in [9.17, 15) is 15.0 Å². The number of hydrogen-bond acceptors (Lipinski definition) is 7. The fourth-order valence-electron chi connectivity index (χ4n) is 1.75. The van der Waals surface area contributed by atoms with Gasteiger partial charge in [-0.05, 0) is 13.0 Å². The van der Waals surface area contributed by atoms with Crippen LogP contribution >= 0.6 is 11.3 Å². The third kappa shape index (κ3) is 2.67. The number of benzene rings is 1. The standard InChI is InChI=1S/C12H14N2O4S/c1-2-18-11(17)10(16)9(15)6-4-3-5-7-8(6)14-12(13)19-7/h3-5,9-10,15-16H,2H2,1H3,(H2,13,14). The van der Waals surface area contributed by atoms with Gasteiger partial charge in [0.15, 0.2) is 11.2 Å². The molecule has 0 saturated carbocycles. The molecule has 0 fully saturated rings. The second kappa shape index (κ2) is 5.52. The Labute approximate surface area is 113 Å². The molecule has 1 heterocycles. The summed E-state index contributed by atoms with van der Waals surface area (Å²) in [5.74, 6) is -0.866. The maximum atomic E-state index is 11.4. The average molecular weight is 282 g/mol. The van der Waals surface area contributed by atoms with E-state index in [1.807, 2.05) is 0 Å². The fourth-order valence-corrected chi connectivity index (χ4v) is 2.52. The zero-order valence-corrected chi connectivity index (χ0v) is 11.1. The lowest BCUT2D eigenvalue weighted by Gasteiger charge is -2.16. The quantitative estimate of drug-likeness (QED) is 0.717. The number of aromatic nitrogens is 1. The summed E-state index contributed by atoms with van der Waals surface area (Å²) >= 11 is 1.27. The van der Waals surface area contributed by atoms with Gasteiger partial charge in [-0.2, -0.15) is 0 Å². The fraction of sp³-hybridized carbons (Fsp3) is 0.333. The van der Waals surface area contributed by atoms with Crippen LogP contribution < -0.4 is 5.73 Å². The van der Waals surface area contributed by atoms with Crippen molar-refractivity contribution in [3.05, 3.63) is 23.8 Å². The molecule has 0 radical (unpaired) electrons. The predicted molar refractivity (Wildman–Crippen MR) is 71.6 cm³/mol. The van der Waals surface area contributed by atoms with Crippen LogP contribution in [0.25, 0.3) is 10.2 Å². The molecule has 2 rings (SSSR count). The number of nitrogen functional groups attached to an aromatic ring is 1. The molecule has 2 unspecified atom stereocenters. The average Bonchev–Trinajstić information content (AvgIpc) is 2.77. The van der Waals surface area contributed by atoms with Crippen LogP contribution in [0.5, 0.6) is 0 Å². The zero-order chi connectivity index (χ0) is 14.0. The van der Waals surface area contributed by atoms with Crippen LogP contribution in [0, 0.1) is 0 Å². The number of ether oxygens (including phenoxy) is 1. The van der Waals surface area contributed by atoms with Crippen molar-refractivity contribution in [3.63, 3.8) is 0 Å². The highest BCUT2D eigenvalue weighted by Gasteiger charge is 2.28. The highest BCUT2D eigenvalue weighted by atomic mass is 32.1. The maximum Gasteiger partial charge on any atom is 0.338 e. The number of rotatable bonds is 4. The molecule has 0 aliphatic heterocycles. The summed E-state index contributed by atoms with van der Waals surface area (Å²) in [6, 6.07) is 5.10. The van der Waals surface area contributed by atoms with E-state index in [1.165, 1.54) is 11.3 Å². The molecule has 4 N–H and O–H groups in total. The molecule has 0 saturated heterocycles. The molecular weight excluding hydrogens is 268 g/mol. The molecule has 0 amide bonds. The lowest BCUT2D eigenvalue weighted by atomic mass is 10.0. The predicted octanol–water partition coefficient (Wildman–Crippen LogP) is 0.836. The summed E-state index contributed by atoms with van der Waals surface area (Å²) in [5.41, 5.74) is 6.45. The van der Waals surface area contributed by atoms with Crippen LogP contribution in [-0.2, 0) is 9.53 Å². The van der Waals surface area contributed by atoms with Crippen molar-refractivity contribution < 1.29 is 19.7 Å². The minimum absolute atomic E-state index is 0.135. The summed E-state index contributed by atoms with van der Waals surface area (Å²) in [7, 11) is 0. The first-order valence-corrected chi connectivity index (χ1v) is 6.54. The van der Waals surface area contributed by atoms with Gasteiger partial charge in [-0.1, -0.05) is 23.5 Å². The van der Waals surface area contributed by atoms with E-state index in [-0.39, 0.29) is 6.61 Å². The monoisotopic (exact) mass is 282 g/mol. The smallest absolute Gasteiger partial charge is 0.338 e. The summed E-state index contributed by atoms with van der Waals surface area (Å²) in [4.78, 5) is 15.5. The van der Waals surface area contributed by atoms with Crippen molar-refractivity contribution in [1.29, 1.82) is 0 Å². The highest BCUT2D eigenvalue weighted by Crippen LogP contribution is 2.31. The molecule has 102 valence electrons. The normalized spacial score (nSPS) is 14.3. The van der Waals surface area contributed by atoms with Gasteiger partial charge in [-0.15, -0.1) is 0 Å². The Bertz CT molecular complexity index is 598. The van der Waals surface area contributed by atoms with E-state index in [1.54, 1.807) is 25.1 Å². The van der Waals surface area contributed by atoms with Crippen LogP contribution in [-0.4, -0.2) is 33.9 Å². The number of nitrogens with zero attached hydrogens (tertiary/aromatic N) is 1. The van der Waals surface area contributed by atoms with Crippen LogP contribution in [0.1, 0.15) is 18.6 Å². The summed E-state index contributed by atoms with van der Waals surface area (Å²) in [6.07, 6.45) is -3.04. The largest absolute Gasteiger partial charge is 0.464 e. The van der Waals surface area contributed by atoms with Gasteiger partial charge in [0.05, 0.1) is 16.8 Å².